The molecule has 3 heterocycles. The van der Waals surface area contributed by atoms with Crippen molar-refractivity contribution in [3.63, 3.8) is 0 Å². The number of rotatable bonds is 8. The number of benzene rings is 11. The Morgan fingerprint density at radius 2 is 0.756 bits per heavy atom. The number of aromatic nitrogens is 3. The zero-order valence-corrected chi connectivity index (χ0v) is 47.6. The molecule has 82 heavy (non-hydrogen) atoms. The van der Waals surface area contributed by atoms with Crippen LogP contribution in [-0.2, 0) is 10.8 Å². The van der Waals surface area contributed by atoms with Crippen LogP contribution in [0.4, 0.5) is 8.78 Å². The lowest BCUT2D eigenvalue weighted by molar-refractivity contribution is 0.551. The molecule has 0 fully saturated rings. The van der Waals surface area contributed by atoms with Crippen LogP contribution in [0.5, 0.6) is 0 Å². The molecule has 0 N–H and O–H groups in total. The summed E-state index contributed by atoms with van der Waals surface area (Å²) in [4.78, 5) is 0. The maximum atomic E-state index is 18.1. The van der Waals surface area contributed by atoms with Crippen molar-refractivity contribution in [2.75, 3.05) is 0 Å². The first-order valence-corrected chi connectivity index (χ1v) is 28.7. The second-order valence-corrected chi connectivity index (χ2v) is 24.3. The highest BCUT2D eigenvalue weighted by Crippen LogP contribution is 2.57. The van der Waals surface area contributed by atoms with Crippen LogP contribution < -0.4 is 0 Å². The number of aryl methyl sites for hydroxylation is 1. The molecule has 400 valence electrons. The third kappa shape index (κ3) is 7.73. The molecule has 14 aromatic rings. The summed E-state index contributed by atoms with van der Waals surface area (Å²) in [6, 6.07) is 79.5. The van der Waals surface area contributed by atoms with E-state index in [0.717, 1.165) is 133 Å². The van der Waals surface area contributed by atoms with Gasteiger partial charge in [-0.05, 0) is 123 Å². The molecule has 14 rings (SSSR count). The van der Waals surface area contributed by atoms with Gasteiger partial charge in [0.1, 0.15) is 11.6 Å². The Hall–Kier alpha value is -9.32. The van der Waals surface area contributed by atoms with Gasteiger partial charge in [-0.1, -0.05) is 212 Å². The molecule has 0 saturated heterocycles. The molecule has 11 aromatic carbocycles. The van der Waals surface area contributed by atoms with Gasteiger partial charge in [-0.3, -0.25) is 0 Å². The summed E-state index contributed by atoms with van der Waals surface area (Å²) in [6.45, 7) is 18.3. The fraction of sp³-hybridized carbons (Fsp3) is 0.143. The van der Waals surface area contributed by atoms with Gasteiger partial charge in [-0.2, -0.15) is 0 Å². The Bertz CT molecular complexity index is 4780. The van der Waals surface area contributed by atoms with Gasteiger partial charge in [-0.25, -0.2) is 8.78 Å². The molecule has 0 aliphatic carbocycles. The number of nitrogens with zero attached hydrogens (tertiary/aromatic N) is 3. The summed E-state index contributed by atoms with van der Waals surface area (Å²) < 4.78 is 43.4. The molecule has 5 heteroatoms. The van der Waals surface area contributed by atoms with E-state index in [0.29, 0.717) is 11.1 Å². The number of para-hydroxylation sites is 5. The van der Waals surface area contributed by atoms with Crippen molar-refractivity contribution in [1.82, 2.24) is 13.7 Å². The third-order valence-corrected chi connectivity index (χ3v) is 17.2. The highest BCUT2D eigenvalue weighted by atomic mass is 19.1. The van der Waals surface area contributed by atoms with E-state index in [-0.39, 0.29) is 17.6 Å². The Kier molecular flexibility index (Phi) is 11.9. The molecule has 0 aliphatic rings. The highest BCUT2D eigenvalue weighted by Gasteiger charge is 2.41. The lowest BCUT2D eigenvalue weighted by atomic mass is 9.65. The molecule has 0 spiro atoms. The molecular formula is C77H63F2N3. The van der Waals surface area contributed by atoms with E-state index in [1.54, 1.807) is 24.3 Å². The molecule has 0 bridgehead atoms. The van der Waals surface area contributed by atoms with E-state index in [2.05, 4.69) is 251 Å². The van der Waals surface area contributed by atoms with Gasteiger partial charge in [0, 0.05) is 71.9 Å². The summed E-state index contributed by atoms with van der Waals surface area (Å²) >= 11 is 0. The van der Waals surface area contributed by atoms with Crippen molar-refractivity contribution in [1.29, 1.82) is 0 Å². The van der Waals surface area contributed by atoms with Crippen LogP contribution in [0.3, 0.4) is 0 Å². The van der Waals surface area contributed by atoms with Gasteiger partial charge in [0.25, 0.3) is 0 Å². The summed E-state index contributed by atoms with van der Waals surface area (Å²) in [6.07, 6.45) is 0. The Balaban J connectivity index is 1.26. The normalized spacial score (nSPS) is 12.7. The number of hydrogen-bond donors (Lipinski definition) is 0. The Labute approximate surface area is 478 Å². The molecular weight excluding hydrogens is 1000 g/mol. The zero-order chi connectivity index (χ0) is 56.3. The smallest absolute Gasteiger partial charge is 0.131 e. The highest BCUT2D eigenvalue weighted by molar-refractivity contribution is 6.27. The van der Waals surface area contributed by atoms with Gasteiger partial charge in [0.2, 0.25) is 0 Å². The van der Waals surface area contributed by atoms with E-state index >= 15 is 8.78 Å². The lowest BCUT2D eigenvalue weighted by Gasteiger charge is -2.40. The van der Waals surface area contributed by atoms with Crippen LogP contribution in [0.2, 0.25) is 0 Å². The quantitative estimate of drug-likeness (QED) is 0.144. The summed E-state index contributed by atoms with van der Waals surface area (Å²) in [5.74, 6) is -1.07. The minimum Gasteiger partial charge on any atom is -0.309 e. The SMILES string of the molecule is Cc1ccccc1-c1ccc2c(c1C(C)c1c(C(C)(C)C)c(-c3ccccc3F)c(-n3c4ccccc4c4ccc5c(c6ccccc6n5-c5ccccc5)c43)c(-c3ccccc3F)c1C(C)(C)C)c1ccccc1n2-c1ccccc1. The molecule has 3 nitrogen and oxygen atoms in total. The van der Waals surface area contributed by atoms with Crippen LogP contribution in [-0.4, -0.2) is 13.7 Å². The second-order valence-electron chi connectivity index (χ2n) is 24.3. The van der Waals surface area contributed by atoms with Gasteiger partial charge in [0.05, 0.1) is 38.8 Å². The molecule has 0 amide bonds. The van der Waals surface area contributed by atoms with E-state index in [9.17, 15) is 0 Å². The van der Waals surface area contributed by atoms with E-state index in [4.69, 9.17) is 0 Å². The standard InChI is InChI=1S/C77H63F2N3/c1-47-27-15-16-32-51(47)53-43-45-64-68(57-36-20-25-41-62(57)80(64)49-28-11-9-12-29-49)66(53)48(2)67-72(76(3,4)5)70(55-34-17-22-38-59(55)78)75(71(73(67)77(6,7)8)56-35-18-23-39-60(56)79)82-61-40-24-19-33-52(61)54-44-46-65-69(74(54)82)58-37-21-26-42-63(58)81(65)50-30-13-10-14-31-50/h9-46,48H,1-8H3. The largest absolute Gasteiger partial charge is 0.309 e. The summed E-state index contributed by atoms with van der Waals surface area (Å²) in [7, 11) is 0. The van der Waals surface area contributed by atoms with Crippen LogP contribution in [0, 0.1) is 18.6 Å². The molecule has 0 saturated carbocycles. The molecule has 1 unspecified atom stereocenters. The number of halogens is 2. The minimum absolute atomic E-state index is 0.351. The van der Waals surface area contributed by atoms with Crippen LogP contribution in [0.25, 0.3) is 116 Å². The van der Waals surface area contributed by atoms with Gasteiger partial charge >= 0.3 is 0 Å². The molecule has 0 radical (unpaired) electrons. The fourth-order valence-electron chi connectivity index (χ4n) is 14.1. The number of hydrogen-bond acceptors (Lipinski definition) is 0. The Morgan fingerprint density at radius 1 is 0.341 bits per heavy atom. The maximum absolute atomic E-state index is 18.1. The van der Waals surface area contributed by atoms with Crippen LogP contribution in [0.15, 0.2) is 231 Å². The summed E-state index contributed by atoms with van der Waals surface area (Å²) in [5, 5.41) is 6.53. The van der Waals surface area contributed by atoms with Crippen LogP contribution in [0.1, 0.15) is 82.2 Å². The number of fused-ring (bicyclic) bond motifs is 10. The minimum atomic E-state index is -0.643. The van der Waals surface area contributed by atoms with Gasteiger partial charge < -0.3 is 13.7 Å². The topological polar surface area (TPSA) is 14.8 Å². The van der Waals surface area contributed by atoms with Crippen molar-refractivity contribution in [3.8, 4) is 50.4 Å². The molecule has 3 aromatic heterocycles. The van der Waals surface area contributed by atoms with Crippen molar-refractivity contribution in [2.45, 2.75) is 72.1 Å². The van der Waals surface area contributed by atoms with E-state index in [1.165, 1.54) is 0 Å². The third-order valence-electron chi connectivity index (χ3n) is 17.2. The maximum Gasteiger partial charge on any atom is 0.131 e. The van der Waals surface area contributed by atoms with Crippen molar-refractivity contribution < 1.29 is 8.78 Å². The fourth-order valence-corrected chi connectivity index (χ4v) is 14.1. The first-order chi connectivity index (χ1) is 39.7. The second kappa shape index (κ2) is 19.2. The molecule has 0 aliphatic heterocycles. The van der Waals surface area contributed by atoms with Crippen molar-refractivity contribution >= 4 is 65.4 Å². The lowest BCUT2D eigenvalue weighted by Crippen LogP contribution is -2.27. The first-order valence-electron chi connectivity index (χ1n) is 28.7. The van der Waals surface area contributed by atoms with E-state index in [1.807, 2.05) is 24.3 Å². The predicted molar refractivity (Wildman–Crippen MR) is 342 cm³/mol. The van der Waals surface area contributed by atoms with Crippen LogP contribution >= 0.6 is 0 Å². The van der Waals surface area contributed by atoms with E-state index < -0.39 is 10.8 Å². The first kappa shape index (κ1) is 50.9. The monoisotopic (exact) mass is 1070 g/mol. The van der Waals surface area contributed by atoms with Crippen molar-refractivity contribution in [2.24, 2.45) is 0 Å². The van der Waals surface area contributed by atoms with Gasteiger partial charge in [0.15, 0.2) is 0 Å². The van der Waals surface area contributed by atoms with Crippen molar-refractivity contribution in [3.05, 3.63) is 270 Å². The zero-order valence-electron chi connectivity index (χ0n) is 47.6. The molecule has 1 atom stereocenters. The van der Waals surface area contributed by atoms with Gasteiger partial charge in [-0.15, -0.1) is 0 Å². The average Bonchev–Trinajstić information content (AvgIpc) is 1.47. The summed E-state index contributed by atoms with van der Waals surface area (Å²) in [5.41, 5.74) is 17.8. The average molecular weight is 1070 g/mol. The predicted octanol–water partition coefficient (Wildman–Crippen LogP) is 21.3. The Morgan fingerprint density at radius 3 is 1.27 bits per heavy atom.